The van der Waals surface area contributed by atoms with Crippen molar-refractivity contribution in [1.29, 1.82) is 0 Å². The monoisotopic (exact) mass is 274 g/mol. The number of hydrogen-bond acceptors (Lipinski definition) is 5. The van der Waals surface area contributed by atoms with Crippen molar-refractivity contribution in [3.05, 3.63) is 60.8 Å². The summed E-state index contributed by atoms with van der Waals surface area (Å²) in [7, 11) is 0. The minimum Gasteiger partial charge on any atom is -0.332 e. The number of nitrogens with zero attached hydrogens (tertiary/aromatic N) is 4. The van der Waals surface area contributed by atoms with E-state index in [1.54, 1.807) is 6.20 Å². The molecule has 0 aliphatic carbocycles. The van der Waals surface area contributed by atoms with Gasteiger partial charge in [-0.05, 0) is 24.3 Å². The van der Waals surface area contributed by atoms with Crippen LogP contribution in [0.3, 0.4) is 0 Å². The van der Waals surface area contributed by atoms with Gasteiger partial charge in [0.1, 0.15) is 11.4 Å². The molecule has 100 valence electrons. The number of benzene rings is 1. The third kappa shape index (κ3) is 2.14. The highest BCUT2D eigenvalue weighted by molar-refractivity contribution is 5.80. The van der Waals surface area contributed by atoms with E-state index in [4.69, 9.17) is 4.52 Å². The maximum Gasteiger partial charge on any atom is 0.276 e. The fraction of sp³-hybridized carbons (Fsp3) is 0. The van der Waals surface area contributed by atoms with E-state index in [9.17, 15) is 0 Å². The van der Waals surface area contributed by atoms with Gasteiger partial charge in [-0.3, -0.25) is 4.98 Å². The Morgan fingerprint density at radius 2 is 1.67 bits per heavy atom. The first-order chi connectivity index (χ1) is 10.4. The number of fused-ring (bicyclic) bond motifs is 1. The first-order valence-electron chi connectivity index (χ1n) is 6.51. The molecule has 4 aromatic rings. The molecular weight excluding hydrogens is 264 g/mol. The summed E-state index contributed by atoms with van der Waals surface area (Å²) < 4.78 is 5.29. The first-order valence-corrected chi connectivity index (χ1v) is 6.51. The van der Waals surface area contributed by atoms with Crippen LogP contribution in [0.15, 0.2) is 65.3 Å². The lowest BCUT2D eigenvalue weighted by atomic mass is 10.2. The predicted molar refractivity (Wildman–Crippen MR) is 78.3 cm³/mol. The summed E-state index contributed by atoms with van der Waals surface area (Å²) in [5.74, 6) is 0.849. The van der Waals surface area contributed by atoms with E-state index in [0.717, 1.165) is 10.9 Å². The molecule has 0 saturated carbocycles. The third-order valence-electron chi connectivity index (χ3n) is 3.14. The predicted octanol–water partition coefficient (Wildman–Crippen LogP) is 3.35. The average Bonchev–Trinajstić information content (AvgIpc) is 3.05. The lowest BCUT2D eigenvalue weighted by Gasteiger charge is -1.98. The number of rotatable bonds is 2. The van der Waals surface area contributed by atoms with Gasteiger partial charge in [0, 0.05) is 11.6 Å². The van der Waals surface area contributed by atoms with Gasteiger partial charge in [-0.1, -0.05) is 35.5 Å². The molecule has 21 heavy (non-hydrogen) atoms. The second kappa shape index (κ2) is 4.79. The van der Waals surface area contributed by atoms with Gasteiger partial charge >= 0.3 is 0 Å². The van der Waals surface area contributed by atoms with Crippen molar-refractivity contribution in [2.24, 2.45) is 0 Å². The highest BCUT2D eigenvalue weighted by Crippen LogP contribution is 2.21. The van der Waals surface area contributed by atoms with Crippen LogP contribution in [-0.4, -0.2) is 20.1 Å². The van der Waals surface area contributed by atoms with Crippen molar-refractivity contribution in [3.63, 3.8) is 0 Å². The molecule has 3 aromatic heterocycles. The molecule has 0 radical (unpaired) electrons. The van der Waals surface area contributed by atoms with Gasteiger partial charge in [-0.15, -0.1) is 0 Å². The third-order valence-corrected chi connectivity index (χ3v) is 3.14. The molecule has 0 saturated heterocycles. The second-order valence-corrected chi connectivity index (χ2v) is 4.53. The average molecular weight is 274 g/mol. The Hall–Kier alpha value is -3.08. The minimum absolute atomic E-state index is 0.390. The molecule has 0 unspecified atom stereocenters. The van der Waals surface area contributed by atoms with Crippen molar-refractivity contribution in [1.82, 2.24) is 20.1 Å². The zero-order valence-electron chi connectivity index (χ0n) is 11.0. The van der Waals surface area contributed by atoms with Crippen LogP contribution in [-0.2, 0) is 0 Å². The lowest BCUT2D eigenvalue weighted by molar-refractivity contribution is 0.431. The van der Waals surface area contributed by atoms with E-state index in [1.807, 2.05) is 54.6 Å². The Morgan fingerprint density at radius 3 is 2.57 bits per heavy atom. The van der Waals surface area contributed by atoms with Crippen molar-refractivity contribution >= 4 is 10.9 Å². The summed E-state index contributed by atoms with van der Waals surface area (Å²) in [6, 6.07) is 17.3. The van der Waals surface area contributed by atoms with E-state index in [2.05, 4.69) is 20.1 Å². The van der Waals surface area contributed by atoms with Gasteiger partial charge in [-0.25, -0.2) is 4.98 Å². The van der Waals surface area contributed by atoms with E-state index in [0.29, 0.717) is 23.1 Å². The fourth-order valence-electron chi connectivity index (χ4n) is 2.11. The summed E-state index contributed by atoms with van der Waals surface area (Å²) >= 11 is 0. The molecule has 0 amide bonds. The first kappa shape index (κ1) is 11.7. The topological polar surface area (TPSA) is 64.7 Å². The zero-order chi connectivity index (χ0) is 14.1. The van der Waals surface area contributed by atoms with Gasteiger partial charge < -0.3 is 4.52 Å². The van der Waals surface area contributed by atoms with Crippen LogP contribution in [0.4, 0.5) is 0 Å². The molecular formula is C16H10N4O. The number of pyridine rings is 2. The number of para-hydroxylation sites is 1. The summed E-state index contributed by atoms with van der Waals surface area (Å²) in [5, 5.41) is 5.03. The standard InChI is InChI=1S/C16H10N4O/c1-2-6-12-11(5-1)8-9-14(18-12)16-19-15(20-21-16)13-7-3-4-10-17-13/h1-10H. The van der Waals surface area contributed by atoms with Gasteiger partial charge in [0.25, 0.3) is 5.89 Å². The largest absolute Gasteiger partial charge is 0.332 e. The Labute approximate surface area is 120 Å². The Kier molecular flexibility index (Phi) is 2.67. The van der Waals surface area contributed by atoms with Gasteiger partial charge in [0.05, 0.1) is 5.52 Å². The van der Waals surface area contributed by atoms with E-state index in [-0.39, 0.29) is 0 Å². The van der Waals surface area contributed by atoms with E-state index >= 15 is 0 Å². The molecule has 5 nitrogen and oxygen atoms in total. The fourth-order valence-corrected chi connectivity index (χ4v) is 2.11. The molecule has 0 aliphatic rings. The van der Waals surface area contributed by atoms with Crippen molar-refractivity contribution in [2.45, 2.75) is 0 Å². The second-order valence-electron chi connectivity index (χ2n) is 4.53. The van der Waals surface area contributed by atoms with Crippen LogP contribution in [0.5, 0.6) is 0 Å². The summed E-state index contributed by atoms with van der Waals surface area (Å²) in [6.45, 7) is 0. The highest BCUT2D eigenvalue weighted by Gasteiger charge is 2.12. The molecule has 4 rings (SSSR count). The van der Waals surface area contributed by atoms with Crippen LogP contribution in [0.25, 0.3) is 34.0 Å². The molecule has 0 bridgehead atoms. The molecule has 0 spiro atoms. The maximum atomic E-state index is 5.29. The Bertz CT molecular complexity index is 902. The molecule has 3 heterocycles. The molecule has 0 fully saturated rings. The highest BCUT2D eigenvalue weighted by atomic mass is 16.5. The van der Waals surface area contributed by atoms with Gasteiger partial charge in [-0.2, -0.15) is 4.98 Å². The van der Waals surface area contributed by atoms with Gasteiger partial charge in [0.15, 0.2) is 0 Å². The summed E-state index contributed by atoms with van der Waals surface area (Å²) in [4.78, 5) is 13.1. The van der Waals surface area contributed by atoms with Crippen molar-refractivity contribution in [2.75, 3.05) is 0 Å². The Morgan fingerprint density at radius 1 is 0.762 bits per heavy atom. The normalized spacial score (nSPS) is 10.9. The molecule has 5 heteroatoms. The van der Waals surface area contributed by atoms with Crippen LogP contribution in [0.2, 0.25) is 0 Å². The van der Waals surface area contributed by atoms with Crippen molar-refractivity contribution < 1.29 is 4.52 Å². The maximum absolute atomic E-state index is 5.29. The minimum atomic E-state index is 0.390. The van der Waals surface area contributed by atoms with E-state index in [1.165, 1.54) is 0 Å². The lowest BCUT2D eigenvalue weighted by Crippen LogP contribution is -1.86. The summed E-state index contributed by atoms with van der Waals surface area (Å²) in [6.07, 6.45) is 1.69. The van der Waals surface area contributed by atoms with Crippen LogP contribution in [0.1, 0.15) is 0 Å². The van der Waals surface area contributed by atoms with Crippen LogP contribution < -0.4 is 0 Å². The molecule has 0 aliphatic heterocycles. The SMILES string of the molecule is c1ccc(-c2noc(-c3ccc4ccccc4n3)n2)nc1. The van der Waals surface area contributed by atoms with E-state index < -0.39 is 0 Å². The smallest absolute Gasteiger partial charge is 0.276 e. The zero-order valence-corrected chi connectivity index (χ0v) is 11.0. The van der Waals surface area contributed by atoms with Crippen LogP contribution >= 0.6 is 0 Å². The molecule has 1 aromatic carbocycles. The number of hydrogen-bond donors (Lipinski definition) is 0. The number of aromatic nitrogens is 4. The summed E-state index contributed by atoms with van der Waals surface area (Å²) in [5.41, 5.74) is 2.23. The Balaban J connectivity index is 1.77. The quantitative estimate of drug-likeness (QED) is 0.561. The van der Waals surface area contributed by atoms with Gasteiger partial charge in [0.2, 0.25) is 5.82 Å². The van der Waals surface area contributed by atoms with Crippen molar-refractivity contribution in [3.8, 4) is 23.1 Å². The van der Waals surface area contributed by atoms with Crippen LogP contribution in [0, 0.1) is 0 Å². The molecule has 0 N–H and O–H groups in total. The molecule has 0 atom stereocenters.